The van der Waals surface area contributed by atoms with Gasteiger partial charge in [0.1, 0.15) is 5.75 Å². The van der Waals surface area contributed by atoms with Crippen molar-refractivity contribution in [1.82, 2.24) is 0 Å². The van der Waals surface area contributed by atoms with Crippen LogP contribution in [0.3, 0.4) is 0 Å². The molecule has 18 heavy (non-hydrogen) atoms. The maximum atomic E-state index is 11.2. The number of rotatable bonds is 3. The van der Waals surface area contributed by atoms with E-state index in [1.54, 1.807) is 19.2 Å². The Bertz CT molecular complexity index is 574. The topological polar surface area (TPSA) is 26.3 Å². The van der Waals surface area contributed by atoms with Gasteiger partial charge < -0.3 is 4.74 Å². The van der Waals surface area contributed by atoms with Crippen LogP contribution in [0.4, 0.5) is 0 Å². The van der Waals surface area contributed by atoms with Gasteiger partial charge in [-0.3, -0.25) is 4.79 Å². The largest absolute Gasteiger partial charge is 0.496 e. The Kier molecular flexibility index (Phi) is 4.19. The molecule has 2 aromatic rings. The van der Waals surface area contributed by atoms with Gasteiger partial charge in [-0.05, 0) is 29.8 Å². The first-order chi connectivity index (χ1) is 8.65. The smallest absolute Gasteiger partial charge is 0.150 e. The van der Waals surface area contributed by atoms with Crippen molar-refractivity contribution in [2.24, 2.45) is 0 Å². The third-order valence-corrected chi connectivity index (χ3v) is 3.47. The number of ether oxygens (including phenoxy) is 1. The third kappa shape index (κ3) is 2.65. The fourth-order valence-electron chi connectivity index (χ4n) is 1.82. The minimum Gasteiger partial charge on any atom is -0.496 e. The van der Waals surface area contributed by atoms with Gasteiger partial charge in [-0.2, -0.15) is 0 Å². The van der Waals surface area contributed by atoms with E-state index in [0.717, 1.165) is 26.4 Å². The lowest BCUT2D eigenvalue weighted by molar-refractivity contribution is 0.112. The summed E-state index contributed by atoms with van der Waals surface area (Å²) in [6, 6.07) is 11.3. The minimum atomic E-state index is 0.611. The summed E-state index contributed by atoms with van der Waals surface area (Å²) in [5.74, 6) is 0.685. The SMILES string of the molecule is COc1cccc(C=O)c1-c1cc(Br)cc(Br)c1. The third-order valence-electron chi connectivity index (χ3n) is 2.56. The van der Waals surface area contributed by atoms with Crippen LogP contribution in [0.15, 0.2) is 45.3 Å². The first-order valence-corrected chi connectivity index (χ1v) is 6.83. The van der Waals surface area contributed by atoms with E-state index in [1.165, 1.54) is 0 Å². The zero-order valence-corrected chi connectivity index (χ0v) is 12.8. The van der Waals surface area contributed by atoms with Crippen molar-refractivity contribution in [3.8, 4) is 16.9 Å². The molecule has 4 heteroatoms. The molecule has 0 atom stereocenters. The van der Waals surface area contributed by atoms with Gasteiger partial charge in [-0.15, -0.1) is 0 Å². The molecule has 0 spiro atoms. The number of hydrogen-bond donors (Lipinski definition) is 0. The molecule has 0 saturated heterocycles. The van der Waals surface area contributed by atoms with Gasteiger partial charge in [0.05, 0.1) is 7.11 Å². The minimum absolute atomic E-state index is 0.611. The van der Waals surface area contributed by atoms with Crippen molar-refractivity contribution in [2.75, 3.05) is 7.11 Å². The van der Waals surface area contributed by atoms with Crippen molar-refractivity contribution in [1.29, 1.82) is 0 Å². The molecule has 2 aromatic carbocycles. The second-order valence-corrected chi connectivity index (χ2v) is 5.53. The molecule has 2 rings (SSSR count). The summed E-state index contributed by atoms with van der Waals surface area (Å²) >= 11 is 6.89. The van der Waals surface area contributed by atoms with Crippen molar-refractivity contribution < 1.29 is 9.53 Å². The highest BCUT2D eigenvalue weighted by Crippen LogP contribution is 2.35. The van der Waals surface area contributed by atoms with Gasteiger partial charge in [-0.1, -0.05) is 44.0 Å². The molecule has 0 amide bonds. The van der Waals surface area contributed by atoms with Crippen LogP contribution in [0.5, 0.6) is 5.75 Å². The normalized spacial score (nSPS) is 10.2. The molecule has 0 saturated carbocycles. The van der Waals surface area contributed by atoms with Gasteiger partial charge in [0.2, 0.25) is 0 Å². The number of halogens is 2. The first kappa shape index (κ1) is 13.3. The van der Waals surface area contributed by atoms with E-state index in [1.807, 2.05) is 24.3 Å². The lowest BCUT2D eigenvalue weighted by Gasteiger charge is -2.11. The Balaban J connectivity index is 2.72. The molecule has 0 fully saturated rings. The Hall–Kier alpha value is -1.13. The van der Waals surface area contributed by atoms with E-state index in [9.17, 15) is 4.79 Å². The van der Waals surface area contributed by atoms with Crippen LogP contribution in [0.2, 0.25) is 0 Å². The van der Waals surface area contributed by atoms with E-state index >= 15 is 0 Å². The molecule has 0 unspecified atom stereocenters. The lowest BCUT2D eigenvalue weighted by Crippen LogP contribution is -1.93. The van der Waals surface area contributed by atoms with Crippen molar-refractivity contribution in [3.05, 3.63) is 50.9 Å². The molecular formula is C14H10Br2O2. The monoisotopic (exact) mass is 368 g/mol. The average Bonchev–Trinajstić information content (AvgIpc) is 2.36. The number of hydrogen-bond acceptors (Lipinski definition) is 2. The molecule has 0 aliphatic rings. The Morgan fingerprint density at radius 1 is 1.11 bits per heavy atom. The molecule has 92 valence electrons. The molecular weight excluding hydrogens is 360 g/mol. The second kappa shape index (κ2) is 5.67. The summed E-state index contributed by atoms with van der Waals surface area (Å²) in [6.45, 7) is 0. The lowest BCUT2D eigenvalue weighted by atomic mass is 9.99. The van der Waals surface area contributed by atoms with Crippen LogP contribution in [-0.4, -0.2) is 13.4 Å². The maximum absolute atomic E-state index is 11.2. The van der Waals surface area contributed by atoms with Gasteiger partial charge in [0, 0.05) is 20.1 Å². The molecule has 0 radical (unpaired) electrons. The number of aldehydes is 1. The quantitative estimate of drug-likeness (QED) is 0.733. The zero-order chi connectivity index (χ0) is 13.1. The number of benzene rings is 2. The summed E-state index contributed by atoms with van der Waals surface area (Å²) in [6.07, 6.45) is 0.840. The van der Waals surface area contributed by atoms with E-state index in [4.69, 9.17) is 4.74 Å². The van der Waals surface area contributed by atoms with Crippen LogP contribution < -0.4 is 4.74 Å². The molecule has 0 N–H and O–H groups in total. The highest BCUT2D eigenvalue weighted by Gasteiger charge is 2.12. The van der Waals surface area contributed by atoms with Crippen molar-refractivity contribution in [3.63, 3.8) is 0 Å². The molecule has 0 bridgehead atoms. The van der Waals surface area contributed by atoms with Crippen LogP contribution in [-0.2, 0) is 0 Å². The van der Waals surface area contributed by atoms with E-state index in [2.05, 4.69) is 31.9 Å². The maximum Gasteiger partial charge on any atom is 0.150 e. The van der Waals surface area contributed by atoms with Crippen LogP contribution >= 0.6 is 31.9 Å². The Morgan fingerprint density at radius 2 is 1.78 bits per heavy atom. The zero-order valence-electron chi connectivity index (χ0n) is 9.61. The first-order valence-electron chi connectivity index (χ1n) is 5.24. The fraction of sp³-hybridized carbons (Fsp3) is 0.0714. The number of carbonyl (C=O) groups excluding carboxylic acids is 1. The van der Waals surface area contributed by atoms with Gasteiger partial charge >= 0.3 is 0 Å². The summed E-state index contributed by atoms with van der Waals surface area (Å²) in [5.41, 5.74) is 2.34. The Labute approximate surface area is 122 Å². The van der Waals surface area contributed by atoms with Crippen LogP contribution in [0.1, 0.15) is 10.4 Å². The summed E-state index contributed by atoms with van der Waals surface area (Å²) in [5, 5.41) is 0. The van der Waals surface area contributed by atoms with Gasteiger partial charge in [0.15, 0.2) is 6.29 Å². The predicted molar refractivity (Wildman–Crippen MR) is 79.2 cm³/mol. The molecule has 0 heterocycles. The standard InChI is InChI=1S/C14H10Br2O2/c1-18-13-4-2-3-9(8-17)14(13)10-5-11(15)7-12(16)6-10/h2-8H,1H3. The van der Waals surface area contributed by atoms with E-state index < -0.39 is 0 Å². The summed E-state index contributed by atoms with van der Waals surface area (Å²) < 4.78 is 7.21. The summed E-state index contributed by atoms with van der Waals surface area (Å²) in [7, 11) is 1.60. The molecule has 2 nitrogen and oxygen atoms in total. The second-order valence-electron chi connectivity index (χ2n) is 3.70. The van der Waals surface area contributed by atoms with E-state index in [-0.39, 0.29) is 0 Å². The van der Waals surface area contributed by atoms with Gasteiger partial charge in [-0.25, -0.2) is 0 Å². The Morgan fingerprint density at radius 3 is 2.33 bits per heavy atom. The number of methoxy groups -OCH3 is 1. The molecule has 0 aliphatic heterocycles. The highest BCUT2D eigenvalue weighted by atomic mass is 79.9. The van der Waals surface area contributed by atoms with Crippen molar-refractivity contribution >= 4 is 38.1 Å². The molecule has 0 aromatic heterocycles. The van der Waals surface area contributed by atoms with Gasteiger partial charge in [0.25, 0.3) is 0 Å². The van der Waals surface area contributed by atoms with E-state index in [0.29, 0.717) is 11.3 Å². The predicted octanol–water partition coefficient (Wildman–Crippen LogP) is 4.70. The van der Waals surface area contributed by atoms with Crippen molar-refractivity contribution in [2.45, 2.75) is 0 Å². The molecule has 0 aliphatic carbocycles. The van der Waals surface area contributed by atoms with Crippen LogP contribution in [0, 0.1) is 0 Å². The fourth-order valence-corrected chi connectivity index (χ4v) is 3.12. The number of carbonyl (C=O) groups is 1. The highest BCUT2D eigenvalue weighted by molar-refractivity contribution is 9.11. The van der Waals surface area contributed by atoms with Crippen LogP contribution in [0.25, 0.3) is 11.1 Å². The average molecular weight is 370 g/mol. The summed E-state index contributed by atoms with van der Waals surface area (Å²) in [4.78, 5) is 11.2.